The number of hydrogen-bond donors (Lipinski definition) is 3. The lowest BCUT2D eigenvalue weighted by atomic mass is 9.96. The van der Waals surface area contributed by atoms with Crippen LogP contribution in [0.3, 0.4) is 0 Å². The van der Waals surface area contributed by atoms with Crippen molar-refractivity contribution in [1.82, 2.24) is 5.32 Å². The Morgan fingerprint density at radius 1 is 1.00 bits per heavy atom. The molecule has 152 valence electrons. The van der Waals surface area contributed by atoms with E-state index in [1.807, 2.05) is 43.3 Å². The van der Waals surface area contributed by atoms with E-state index in [1.165, 1.54) is 25.7 Å². The van der Waals surface area contributed by atoms with Crippen LogP contribution in [0.2, 0.25) is 0 Å². The van der Waals surface area contributed by atoms with Crippen LogP contribution in [-0.2, 0) is 0 Å². The number of benzene rings is 2. The van der Waals surface area contributed by atoms with Gasteiger partial charge in [-0.1, -0.05) is 6.42 Å². The predicted molar refractivity (Wildman–Crippen MR) is 121 cm³/mol. The van der Waals surface area contributed by atoms with Gasteiger partial charge >= 0.3 is 0 Å². The Hall–Kier alpha value is -2.60. The van der Waals surface area contributed by atoms with Crippen molar-refractivity contribution in [3.63, 3.8) is 0 Å². The minimum absolute atomic E-state index is 0.150. The van der Waals surface area contributed by atoms with Crippen LogP contribution in [0, 0.1) is 11.8 Å². The molecule has 0 aromatic heterocycles. The van der Waals surface area contributed by atoms with Crippen molar-refractivity contribution >= 4 is 34.6 Å². The average molecular weight is 410 g/mol. The lowest BCUT2D eigenvalue weighted by molar-refractivity contribution is 0.102. The Kier molecular flexibility index (Phi) is 6.00. The Morgan fingerprint density at radius 2 is 1.69 bits per heavy atom. The topological polar surface area (TPSA) is 62.4 Å². The first-order valence-corrected chi connectivity index (χ1v) is 10.7. The molecule has 5 nitrogen and oxygen atoms in total. The predicted octanol–water partition coefficient (Wildman–Crippen LogP) is 4.81. The Balaban J connectivity index is 1.29. The average Bonchev–Trinajstić information content (AvgIpc) is 3.33. The van der Waals surface area contributed by atoms with E-state index in [0.29, 0.717) is 23.3 Å². The maximum absolute atomic E-state index is 12.5. The second kappa shape index (κ2) is 8.82. The SMILES string of the molecule is CCOc1ccc(NC(=O)c2ccc(NC(=S)N[C@@H]3C[C@H]4CC[C@H]3C4)cc2)cc1. The van der Waals surface area contributed by atoms with E-state index in [9.17, 15) is 4.79 Å². The van der Waals surface area contributed by atoms with E-state index in [0.717, 1.165) is 29.0 Å². The molecule has 2 saturated carbocycles. The van der Waals surface area contributed by atoms with Gasteiger partial charge in [-0.3, -0.25) is 4.79 Å². The highest BCUT2D eigenvalue weighted by Crippen LogP contribution is 2.44. The Bertz CT molecular complexity index is 867. The van der Waals surface area contributed by atoms with E-state index < -0.39 is 0 Å². The van der Waals surface area contributed by atoms with Gasteiger partial charge < -0.3 is 20.7 Å². The maximum Gasteiger partial charge on any atom is 0.255 e. The molecule has 0 spiro atoms. The largest absolute Gasteiger partial charge is 0.494 e. The number of hydrogen-bond acceptors (Lipinski definition) is 3. The zero-order chi connectivity index (χ0) is 20.2. The lowest BCUT2D eigenvalue weighted by Gasteiger charge is -2.24. The standard InChI is InChI=1S/C23H27N3O2S/c1-2-28-20-11-9-18(10-12-20)24-22(27)16-5-7-19(8-6-16)25-23(29)26-21-14-15-3-4-17(21)13-15/h5-12,15,17,21H,2-4,13-14H2,1H3,(H,24,27)(H2,25,26,29)/t15-,17-,21+/m0/s1. The number of carbonyl (C=O) groups is 1. The molecule has 2 bridgehead atoms. The van der Waals surface area contributed by atoms with Crippen LogP contribution < -0.4 is 20.7 Å². The number of carbonyl (C=O) groups excluding carboxylic acids is 1. The van der Waals surface area contributed by atoms with Crippen molar-refractivity contribution in [2.24, 2.45) is 11.8 Å². The molecule has 2 aliphatic carbocycles. The maximum atomic E-state index is 12.5. The first-order valence-electron chi connectivity index (χ1n) is 10.3. The summed E-state index contributed by atoms with van der Waals surface area (Å²) in [6, 6.07) is 15.2. The van der Waals surface area contributed by atoms with Crippen molar-refractivity contribution in [2.75, 3.05) is 17.2 Å². The van der Waals surface area contributed by atoms with Gasteiger partial charge in [0.1, 0.15) is 5.75 Å². The molecule has 2 aromatic rings. The van der Waals surface area contributed by atoms with Crippen LogP contribution in [0.5, 0.6) is 5.75 Å². The molecule has 3 atom stereocenters. The zero-order valence-corrected chi connectivity index (χ0v) is 17.4. The van der Waals surface area contributed by atoms with Gasteiger partial charge in [-0.2, -0.15) is 0 Å². The van der Waals surface area contributed by atoms with E-state index in [1.54, 1.807) is 12.1 Å². The van der Waals surface area contributed by atoms with E-state index >= 15 is 0 Å². The van der Waals surface area contributed by atoms with Crippen LogP contribution in [0.15, 0.2) is 48.5 Å². The summed E-state index contributed by atoms with van der Waals surface area (Å²) >= 11 is 5.48. The highest BCUT2D eigenvalue weighted by Gasteiger charge is 2.39. The first-order chi connectivity index (χ1) is 14.1. The molecule has 0 aliphatic heterocycles. The third kappa shape index (κ3) is 4.88. The van der Waals surface area contributed by atoms with Gasteiger partial charge in [0.2, 0.25) is 0 Å². The molecule has 0 saturated heterocycles. The lowest BCUT2D eigenvalue weighted by Crippen LogP contribution is -2.40. The summed E-state index contributed by atoms with van der Waals surface area (Å²) in [5.41, 5.74) is 2.21. The van der Waals surface area contributed by atoms with Gasteiger partial charge in [0, 0.05) is 23.0 Å². The van der Waals surface area contributed by atoms with Crippen molar-refractivity contribution in [3.05, 3.63) is 54.1 Å². The summed E-state index contributed by atoms with van der Waals surface area (Å²) < 4.78 is 5.42. The van der Waals surface area contributed by atoms with Gasteiger partial charge in [0.25, 0.3) is 5.91 Å². The molecule has 29 heavy (non-hydrogen) atoms. The summed E-state index contributed by atoms with van der Waals surface area (Å²) in [6.45, 7) is 2.56. The highest BCUT2D eigenvalue weighted by molar-refractivity contribution is 7.80. The van der Waals surface area contributed by atoms with Gasteiger partial charge in [0.05, 0.1) is 6.61 Å². The fourth-order valence-corrected chi connectivity index (χ4v) is 4.74. The first kappa shape index (κ1) is 19.7. The molecule has 0 unspecified atom stereocenters. The number of nitrogens with one attached hydrogen (secondary N) is 3. The number of ether oxygens (including phenoxy) is 1. The monoisotopic (exact) mass is 409 g/mol. The van der Waals surface area contributed by atoms with E-state index in [2.05, 4.69) is 16.0 Å². The summed E-state index contributed by atoms with van der Waals surface area (Å²) in [5, 5.41) is 10.3. The van der Waals surface area contributed by atoms with Crippen LogP contribution in [0.25, 0.3) is 0 Å². The van der Waals surface area contributed by atoms with Gasteiger partial charge in [-0.25, -0.2) is 0 Å². The number of anilines is 2. The zero-order valence-electron chi connectivity index (χ0n) is 16.6. The quantitative estimate of drug-likeness (QED) is 0.598. The fraction of sp³-hybridized carbons (Fsp3) is 0.391. The molecule has 6 heteroatoms. The number of fused-ring (bicyclic) bond motifs is 2. The van der Waals surface area contributed by atoms with Crippen LogP contribution in [0.1, 0.15) is 43.0 Å². The van der Waals surface area contributed by atoms with Crippen LogP contribution in [-0.4, -0.2) is 23.7 Å². The third-order valence-corrected chi connectivity index (χ3v) is 6.10. The molecule has 2 aliphatic rings. The van der Waals surface area contributed by atoms with E-state index in [-0.39, 0.29) is 5.91 Å². The fourth-order valence-electron chi connectivity index (χ4n) is 4.47. The van der Waals surface area contributed by atoms with Crippen molar-refractivity contribution in [3.8, 4) is 5.75 Å². The minimum atomic E-state index is -0.150. The second-order valence-electron chi connectivity index (χ2n) is 7.87. The minimum Gasteiger partial charge on any atom is -0.494 e. The summed E-state index contributed by atoms with van der Waals surface area (Å²) in [7, 11) is 0. The molecule has 2 fully saturated rings. The molecule has 3 N–H and O–H groups in total. The molecular weight excluding hydrogens is 382 g/mol. The smallest absolute Gasteiger partial charge is 0.255 e. The Morgan fingerprint density at radius 3 is 2.31 bits per heavy atom. The normalized spacial score (nSPS) is 22.2. The Labute approximate surface area is 177 Å². The number of amides is 1. The number of rotatable bonds is 6. The molecule has 0 heterocycles. The molecule has 2 aromatic carbocycles. The van der Waals surface area contributed by atoms with E-state index in [4.69, 9.17) is 17.0 Å². The molecule has 0 radical (unpaired) electrons. The van der Waals surface area contributed by atoms with Gasteiger partial charge in [-0.15, -0.1) is 0 Å². The van der Waals surface area contributed by atoms with Gasteiger partial charge in [-0.05, 0) is 98.8 Å². The van der Waals surface area contributed by atoms with Crippen molar-refractivity contribution < 1.29 is 9.53 Å². The second-order valence-corrected chi connectivity index (χ2v) is 8.28. The van der Waals surface area contributed by atoms with Crippen molar-refractivity contribution in [2.45, 2.75) is 38.6 Å². The molecular formula is C23H27N3O2S. The van der Waals surface area contributed by atoms with Crippen LogP contribution >= 0.6 is 12.2 Å². The summed E-state index contributed by atoms with van der Waals surface area (Å²) in [4.78, 5) is 12.5. The summed E-state index contributed by atoms with van der Waals surface area (Å²) in [5.74, 6) is 2.29. The van der Waals surface area contributed by atoms with Gasteiger partial charge in [0.15, 0.2) is 5.11 Å². The molecule has 1 amide bonds. The molecule has 4 rings (SSSR count). The summed E-state index contributed by atoms with van der Waals surface area (Å²) in [6.07, 6.45) is 5.28. The third-order valence-electron chi connectivity index (χ3n) is 5.88. The van der Waals surface area contributed by atoms with Crippen molar-refractivity contribution in [1.29, 1.82) is 0 Å². The number of thiocarbonyl (C=S) groups is 1. The van der Waals surface area contributed by atoms with Crippen LogP contribution in [0.4, 0.5) is 11.4 Å². The highest BCUT2D eigenvalue weighted by atomic mass is 32.1.